The van der Waals surface area contributed by atoms with E-state index in [1.54, 1.807) is 23.1 Å². The third-order valence-corrected chi connectivity index (χ3v) is 6.38. The van der Waals surface area contributed by atoms with Gasteiger partial charge in [-0.2, -0.15) is 0 Å². The summed E-state index contributed by atoms with van der Waals surface area (Å²) < 4.78 is 27.2. The number of rotatable bonds is 2. The molecule has 2 heterocycles. The number of likely N-dealkylation sites (tertiary alicyclic amines) is 1. The minimum absolute atomic E-state index is 0.0198. The summed E-state index contributed by atoms with van der Waals surface area (Å²) in [5.74, 6) is 5.05. The van der Waals surface area contributed by atoms with E-state index in [4.69, 9.17) is 0 Å². The van der Waals surface area contributed by atoms with E-state index in [1.807, 2.05) is 18.2 Å². The normalized spacial score (nSPS) is 20.8. The van der Waals surface area contributed by atoms with Gasteiger partial charge in [0.2, 0.25) is 0 Å². The van der Waals surface area contributed by atoms with Crippen LogP contribution >= 0.6 is 0 Å². The van der Waals surface area contributed by atoms with E-state index in [0.717, 1.165) is 23.2 Å². The Kier molecular flexibility index (Phi) is 5.57. The molecule has 3 aromatic carbocycles. The number of nitrogens with zero attached hydrogens (tertiary/aromatic N) is 1. The Morgan fingerprint density at radius 2 is 1.73 bits per heavy atom. The van der Waals surface area contributed by atoms with Crippen molar-refractivity contribution in [1.29, 1.82) is 0 Å². The van der Waals surface area contributed by atoms with E-state index in [9.17, 15) is 18.7 Å². The quantitative estimate of drug-likeness (QED) is 0.578. The number of aliphatic hydroxyl groups excluding tert-OH is 1. The molecule has 0 radical (unpaired) electrons. The number of carbonyl (C=O) groups excluding carboxylic acids is 1. The lowest BCUT2D eigenvalue weighted by Gasteiger charge is -2.39. The van der Waals surface area contributed by atoms with Gasteiger partial charge in [-0.05, 0) is 66.6 Å². The highest BCUT2D eigenvalue weighted by molar-refractivity contribution is 5.95. The van der Waals surface area contributed by atoms with Crippen molar-refractivity contribution < 1.29 is 18.7 Å². The number of hydrogen-bond acceptors (Lipinski definition) is 3. The summed E-state index contributed by atoms with van der Waals surface area (Å²) in [5, 5.41) is 13.3. The van der Waals surface area contributed by atoms with Gasteiger partial charge in [0.1, 0.15) is 11.6 Å². The number of aliphatic hydroxyl groups is 1. The van der Waals surface area contributed by atoms with Crippen molar-refractivity contribution in [2.24, 2.45) is 5.92 Å². The van der Waals surface area contributed by atoms with Crippen LogP contribution in [0, 0.1) is 29.4 Å². The molecule has 3 atom stereocenters. The number of hydrogen-bond donors (Lipinski definition) is 2. The molecule has 2 aliphatic heterocycles. The van der Waals surface area contributed by atoms with Crippen LogP contribution in [0.5, 0.6) is 0 Å². The zero-order valence-electron chi connectivity index (χ0n) is 17.8. The molecule has 166 valence electrons. The Bertz CT molecular complexity index is 1280. The fraction of sp³-hybridized carbons (Fsp3) is 0.222. The van der Waals surface area contributed by atoms with Gasteiger partial charge in [-0.1, -0.05) is 24.0 Å². The van der Waals surface area contributed by atoms with Gasteiger partial charge in [-0.25, -0.2) is 8.78 Å². The molecule has 0 unspecified atom stereocenters. The van der Waals surface area contributed by atoms with Crippen LogP contribution in [0.2, 0.25) is 0 Å². The van der Waals surface area contributed by atoms with Crippen LogP contribution in [0.25, 0.3) is 0 Å². The first-order valence-corrected chi connectivity index (χ1v) is 10.9. The zero-order valence-corrected chi connectivity index (χ0v) is 17.8. The minimum Gasteiger partial charge on any atom is -0.394 e. The van der Waals surface area contributed by atoms with Crippen LogP contribution in [0.15, 0.2) is 66.7 Å². The molecular weight excluding hydrogens is 422 g/mol. The van der Waals surface area contributed by atoms with Crippen LogP contribution < -0.4 is 5.32 Å². The molecule has 2 aliphatic rings. The van der Waals surface area contributed by atoms with Crippen LogP contribution in [0.4, 0.5) is 14.5 Å². The average Bonchev–Trinajstić information content (AvgIpc) is 3.27. The fourth-order valence-electron chi connectivity index (χ4n) is 4.87. The first-order chi connectivity index (χ1) is 16.0. The summed E-state index contributed by atoms with van der Waals surface area (Å²) in [4.78, 5) is 15.1. The molecule has 0 bridgehead atoms. The number of amides is 1. The zero-order chi connectivity index (χ0) is 22.9. The minimum atomic E-state index is -0.453. The predicted molar refractivity (Wildman–Crippen MR) is 122 cm³/mol. The second-order valence-electron chi connectivity index (χ2n) is 8.40. The Labute approximate surface area is 190 Å². The first kappa shape index (κ1) is 21.2. The van der Waals surface area contributed by atoms with Crippen LogP contribution in [0.3, 0.4) is 0 Å². The number of halogens is 2. The van der Waals surface area contributed by atoms with Crippen LogP contribution in [-0.2, 0) is 0 Å². The molecule has 5 rings (SSSR count). The molecular formula is C27H22F2N2O2. The third-order valence-electron chi connectivity index (χ3n) is 6.38. The molecule has 0 spiro atoms. The molecule has 4 nitrogen and oxygen atoms in total. The fourth-order valence-corrected chi connectivity index (χ4v) is 4.87. The van der Waals surface area contributed by atoms with Crippen molar-refractivity contribution in [3.05, 3.63) is 101 Å². The standard InChI is InChI=1S/C27H22F2N2O2/c28-20-5-1-3-17(13-20)7-8-18-9-10-24-23(14-18)26-22(25(16-32)30-24)11-12-31(26)27(33)19-4-2-6-21(29)15-19/h1-6,9-10,13-15,22,25-26,30,32H,11-12,16H2/t22-,25+,26-/m1/s1. The number of anilines is 1. The molecule has 6 heteroatoms. The van der Waals surface area contributed by atoms with E-state index < -0.39 is 5.82 Å². The van der Waals surface area contributed by atoms with Gasteiger partial charge >= 0.3 is 0 Å². The largest absolute Gasteiger partial charge is 0.394 e. The van der Waals surface area contributed by atoms with Gasteiger partial charge in [0.15, 0.2) is 0 Å². The second-order valence-corrected chi connectivity index (χ2v) is 8.40. The summed E-state index contributed by atoms with van der Waals surface area (Å²) in [5.41, 5.74) is 3.38. The Morgan fingerprint density at radius 3 is 2.45 bits per heavy atom. The van der Waals surface area contributed by atoms with E-state index >= 15 is 0 Å². The summed E-state index contributed by atoms with van der Waals surface area (Å²) in [6.45, 7) is 0.464. The Morgan fingerprint density at radius 1 is 1.00 bits per heavy atom. The van der Waals surface area contributed by atoms with E-state index in [-0.39, 0.29) is 36.3 Å². The summed E-state index contributed by atoms with van der Waals surface area (Å²) >= 11 is 0. The van der Waals surface area contributed by atoms with E-state index in [1.165, 1.54) is 30.3 Å². The third kappa shape index (κ3) is 4.08. The topological polar surface area (TPSA) is 52.6 Å². The Balaban J connectivity index is 1.52. The number of benzene rings is 3. The highest BCUT2D eigenvalue weighted by Crippen LogP contribution is 2.47. The molecule has 0 aromatic heterocycles. The monoisotopic (exact) mass is 444 g/mol. The van der Waals surface area contributed by atoms with Crippen LogP contribution in [0.1, 0.15) is 39.5 Å². The van der Waals surface area contributed by atoms with Crippen LogP contribution in [-0.4, -0.2) is 35.1 Å². The first-order valence-electron chi connectivity index (χ1n) is 10.9. The molecule has 2 N–H and O–H groups in total. The Hall–Kier alpha value is -3.69. The molecule has 1 saturated heterocycles. The molecule has 3 aromatic rings. The van der Waals surface area contributed by atoms with Gasteiger partial charge in [-0.3, -0.25) is 4.79 Å². The van der Waals surface area contributed by atoms with E-state index in [0.29, 0.717) is 17.7 Å². The van der Waals surface area contributed by atoms with Gasteiger partial charge in [0.05, 0.1) is 18.7 Å². The van der Waals surface area contributed by atoms with Crippen molar-refractivity contribution >= 4 is 11.6 Å². The van der Waals surface area contributed by atoms with Crippen molar-refractivity contribution in [3.8, 4) is 11.8 Å². The smallest absolute Gasteiger partial charge is 0.254 e. The predicted octanol–water partition coefficient (Wildman–Crippen LogP) is 4.35. The molecule has 0 saturated carbocycles. The maximum atomic E-state index is 13.8. The van der Waals surface area contributed by atoms with Gasteiger partial charge in [0.25, 0.3) is 5.91 Å². The molecule has 0 aliphatic carbocycles. The molecule has 1 amide bonds. The number of fused-ring (bicyclic) bond motifs is 3. The highest BCUT2D eigenvalue weighted by Gasteiger charge is 2.45. The lowest BCUT2D eigenvalue weighted by atomic mass is 9.82. The van der Waals surface area contributed by atoms with E-state index in [2.05, 4.69) is 17.2 Å². The van der Waals surface area contributed by atoms with Gasteiger partial charge < -0.3 is 15.3 Å². The lowest BCUT2D eigenvalue weighted by molar-refractivity contribution is 0.0700. The van der Waals surface area contributed by atoms with Gasteiger partial charge in [-0.15, -0.1) is 0 Å². The summed E-state index contributed by atoms with van der Waals surface area (Å²) in [6.07, 6.45) is 0.725. The van der Waals surface area contributed by atoms with Crippen molar-refractivity contribution in [1.82, 2.24) is 4.90 Å². The maximum Gasteiger partial charge on any atom is 0.254 e. The number of nitrogens with one attached hydrogen (secondary N) is 1. The number of carbonyl (C=O) groups is 1. The van der Waals surface area contributed by atoms with Crippen molar-refractivity contribution in [2.75, 3.05) is 18.5 Å². The van der Waals surface area contributed by atoms with Crippen molar-refractivity contribution in [3.63, 3.8) is 0 Å². The second kappa shape index (κ2) is 8.68. The molecule has 33 heavy (non-hydrogen) atoms. The van der Waals surface area contributed by atoms with Gasteiger partial charge in [0, 0.05) is 34.8 Å². The average molecular weight is 444 g/mol. The summed E-state index contributed by atoms with van der Waals surface area (Å²) in [7, 11) is 0. The maximum absolute atomic E-state index is 13.8. The SMILES string of the molecule is O=C(c1cccc(F)c1)N1CC[C@@H]2[C@H](CO)Nc3ccc(C#Cc4cccc(F)c4)cc3[C@@H]21. The summed E-state index contributed by atoms with van der Waals surface area (Å²) in [6, 6.07) is 17.1. The van der Waals surface area contributed by atoms with Crippen molar-refractivity contribution in [2.45, 2.75) is 18.5 Å². The molecule has 1 fully saturated rings. The lowest BCUT2D eigenvalue weighted by Crippen LogP contribution is -2.42. The highest BCUT2D eigenvalue weighted by atomic mass is 19.1.